The number of nitrogens with one attached hydrogen (secondary N) is 1. The highest BCUT2D eigenvalue weighted by atomic mass is 16.5. The van der Waals surface area contributed by atoms with E-state index < -0.39 is 0 Å². The summed E-state index contributed by atoms with van der Waals surface area (Å²) in [5, 5.41) is 12.8. The minimum atomic E-state index is -0.318. The molecule has 16 heavy (non-hydrogen) atoms. The first kappa shape index (κ1) is 13.9. The Bertz CT molecular complexity index is 197. The molecule has 0 amide bonds. The van der Waals surface area contributed by atoms with Crippen molar-refractivity contribution >= 4 is 0 Å². The van der Waals surface area contributed by atoms with E-state index in [-0.39, 0.29) is 18.2 Å². The topological polar surface area (TPSA) is 50.7 Å². The second-order valence-corrected chi connectivity index (χ2v) is 4.92. The molecule has 0 aliphatic heterocycles. The average Bonchev–Trinajstić information content (AvgIpc) is 3.07. The first-order chi connectivity index (χ1) is 7.59. The maximum atomic E-state index is 9.38. The molecule has 2 unspecified atom stereocenters. The molecule has 4 heteroatoms. The molecule has 1 aliphatic rings. The summed E-state index contributed by atoms with van der Waals surface area (Å²) >= 11 is 0. The lowest BCUT2D eigenvalue weighted by Gasteiger charge is -2.30. The van der Waals surface area contributed by atoms with Gasteiger partial charge in [-0.2, -0.15) is 0 Å². The van der Waals surface area contributed by atoms with Gasteiger partial charge in [0.05, 0.1) is 31.5 Å². The molecule has 1 rings (SSSR count). The number of hydrogen-bond donors (Lipinski definition) is 2. The van der Waals surface area contributed by atoms with E-state index in [0.717, 1.165) is 0 Å². The summed E-state index contributed by atoms with van der Waals surface area (Å²) in [5.41, 5.74) is -0.318. The van der Waals surface area contributed by atoms with Gasteiger partial charge in [0.2, 0.25) is 0 Å². The molecule has 0 heterocycles. The Morgan fingerprint density at radius 1 is 1.50 bits per heavy atom. The van der Waals surface area contributed by atoms with Crippen LogP contribution in [-0.2, 0) is 9.47 Å². The van der Waals surface area contributed by atoms with E-state index in [1.54, 1.807) is 0 Å². The lowest BCUT2D eigenvalue weighted by Crippen LogP contribution is -2.51. The van der Waals surface area contributed by atoms with Crippen LogP contribution in [0.25, 0.3) is 0 Å². The predicted molar refractivity (Wildman–Crippen MR) is 63.6 cm³/mol. The Balaban J connectivity index is 2.20. The van der Waals surface area contributed by atoms with Crippen LogP contribution in [0.2, 0.25) is 0 Å². The maximum Gasteiger partial charge on any atom is 0.0781 e. The predicted octanol–water partition coefficient (Wildman–Crippen LogP) is 0.931. The van der Waals surface area contributed by atoms with Gasteiger partial charge in [0.1, 0.15) is 0 Å². The molecule has 2 atom stereocenters. The zero-order chi connectivity index (χ0) is 12.0. The summed E-state index contributed by atoms with van der Waals surface area (Å²) in [4.78, 5) is 0. The van der Waals surface area contributed by atoms with Crippen LogP contribution in [0.1, 0.15) is 33.6 Å². The van der Waals surface area contributed by atoms with Crippen molar-refractivity contribution in [1.29, 1.82) is 0 Å². The normalized spacial score (nSPS) is 21.8. The summed E-state index contributed by atoms with van der Waals surface area (Å²) in [6.07, 6.45) is 2.50. The maximum absolute atomic E-state index is 9.38. The van der Waals surface area contributed by atoms with Crippen molar-refractivity contribution in [2.75, 3.05) is 26.4 Å². The minimum Gasteiger partial charge on any atom is -0.394 e. The lowest BCUT2D eigenvalue weighted by molar-refractivity contribution is -0.0357. The van der Waals surface area contributed by atoms with Crippen LogP contribution >= 0.6 is 0 Å². The third kappa shape index (κ3) is 5.25. The van der Waals surface area contributed by atoms with Crippen molar-refractivity contribution in [1.82, 2.24) is 5.32 Å². The molecule has 0 aromatic rings. The molecule has 0 radical (unpaired) electrons. The minimum absolute atomic E-state index is 0.0758. The van der Waals surface area contributed by atoms with Gasteiger partial charge in [-0.05, 0) is 33.6 Å². The number of ether oxygens (including phenoxy) is 2. The van der Waals surface area contributed by atoms with Crippen LogP contribution in [0.15, 0.2) is 0 Å². The van der Waals surface area contributed by atoms with Gasteiger partial charge in [-0.1, -0.05) is 0 Å². The summed E-state index contributed by atoms with van der Waals surface area (Å²) in [5.74, 6) is 0. The van der Waals surface area contributed by atoms with E-state index in [9.17, 15) is 5.11 Å². The van der Waals surface area contributed by atoms with Crippen LogP contribution in [0.4, 0.5) is 0 Å². The van der Waals surface area contributed by atoms with Gasteiger partial charge in [0.25, 0.3) is 0 Å². The summed E-state index contributed by atoms with van der Waals surface area (Å²) in [7, 11) is 0. The van der Waals surface area contributed by atoms with Crippen molar-refractivity contribution in [3.8, 4) is 0 Å². The molecule has 0 saturated heterocycles. The van der Waals surface area contributed by atoms with E-state index in [1.165, 1.54) is 12.8 Å². The molecule has 1 saturated carbocycles. The Kier molecular flexibility index (Phi) is 5.69. The molecule has 1 aliphatic carbocycles. The molecule has 0 bridgehead atoms. The van der Waals surface area contributed by atoms with Gasteiger partial charge in [-0.3, -0.25) is 0 Å². The van der Waals surface area contributed by atoms with Crippen molar-refractivity contribution in [2.45, 2.75) is 51.3 Å². The molecule has 0 aromatic carbocycles. The van der Waals surface area contributed by atoms with E-state index in [4.69, 9.17) is 9.47 Å². The fourth-order valence-corrected chi connectivity index (χ4v) is 1.51. The molecule has 96 valence electrons. The first-order valence-electron chi connectivity index (χ1n) is 6.17. The van der Waals surface area contributed by atoms with Gasteiger partial charge in [0.15, 0.2) is 0 Å². The quantitative estimate of drug-likeness (QED) is 0.620. The van der Waals surface area contributed by atoms with Gasteiger partial charge >= 0.3 is 0 Å². The Morgan fingerprint density at radius 2 is 2.19 bits per heavy atom. The van der Waals surface area contributed by atoms with E-state index in [1.807, 2.05) is 20.8 Å². The van der Waals surface area contributed by atoms with E-state index in [2.05, 4.69) is 5.32 Å². The highest BCUT2D eigenvalue weighted by Crippen LogP contribution is 2.22. The molecule has 0 spiro atoms. The van der Waals surface area contributed by atoms with Crippen LogP contribution in [0.5, 0.6) is 0 Å². The fraction of sp³-hybridized carbons (Fsp3) is 1.00. The van der Waals surface area contributed by atoms with Crippen molar-refractivity contribution in [2.24, 2.45) is 0 Å². The van der Waals surface area contributed by atoms with Gasteiger partial charge in [0, 0.05) is 12.6 Å². The van der Waals surface area contributed by atoms with Crippen molar-refractivity contribution < 1.29 is 14.6 Å². The lowest BCUT2D eigenvalue weighted by atomic mass is 10.1. The molecular formula is C12H25NO3. The number of aliphatic hydroxyl groups is 1. The van der Waals surface area contributed by atoms with Crippen LogP contribution in [-0.4, -0.2) is 49.2 Å². The fourth-order valence-electron chi connectivity index (χ4n) is 1.51. The smallest absolute Gasteiger partial charge is 0.0781 e. The zero-order valence-electron chi connectivity index (χ0n) is 10.7. The highest BCUT2D eigenvalue weighted by Gasteiger charge is 2.32. The van der Waals surface area contributed by atoms with Gasteiger partial charge in [-0.15, -0.1) is 0 Å². The zero-order valence-corrected chi connectivity index (χ0v) is 10.7. The van der Waals surface area contributed by atoms with E-state index >= 15 is 0 Å². The monoisotopic (exact) mass is 231 g/mol. The molecule has 2 N–H and O–H groups in total. The Hall–Kier alpha value is -0.160. The van der Waals surface area contributed by atoms with Gasteiger partial charge in [-0.25, -0.2) is 0 Å². The summed E-state index contributed by atoms with van der Waals surface area (Å²) in [6, 6.07) is 0.572. The van der Waals surface area contributed by atoms with Crippen LogP contribution in [0, 0.1) is 0 Å². The van der Waals surface area contributed by atoms with Gasteiger partial charge < -0.3 is 19.9 Å². The average molecular weight is 231 g/mol. The Labute approximate surface area is 98.3 Å². The first-order valence-corrected chi connectivity index (χ1v) is 6.17. The summed E-state index contributed by atoms with van der Waals surface area (Å²) < 4.78 is 11.0. The second-order valence-electron chi connectivity index (χ2n) is 4.92. The number of aliphatic hydroxyl groups excluding tert-OH is 1. The summed E-state index contributed by atoms with van der Waals surface area (Å²) in [6.45, 7) is 7.91. The molecule has 4 nitrogen and oxygen atoms in total. The number of hydrogen-bond acceptors (Lipinski definition) is 4. The van der Waals surface area contributed by atoms with Crippen LogP contribution in [0.3, 0.4) is 0 Å². The van der Waals surface area contributed by atoms with E-state index in [0.29, 0.717) is 25.9 Å². The molecular weight excluding hydrogens is 206 g/mol. The third-order valence-corrected chi connectivity index (χ3v) is 2.72. The highest BCUT2D eigenvalue weighted by molar-refractivity contribution is 4.92. The third-order valence-electron chi connectivity index (χ3n) is 2.72. The van der Waals surface area contributed by atoms with Crippen molar-refractivity contribution in [3.63, 3.8) is 0 Å². The SMILES string of the molecule is CCOCC(C)OCC(C)(CO)NC1CC1. The Morgan fingerprint density at radius 3 is 2.69 bits per heavy atom. The molecule has 0 aromatic heterocycles. The largest absolute Gasteiger partial charge is 0.394 e. The standard InChI is InChI=1S/C12H25NO3/c1-4-15-7-10(2)16-9-12(3,8-14)13-11-5-6-11/h10-11,13-14H,4-9H2,1-3H3. The number of rotatable bonds is 9. The van der Waals surface area contributed by atoms with Crippen LogP contribution < -0.4 is 5.32 Å². The molecule has 1 fully saturated rings. The van der Waals surface area contributed by atoms with Crippen molar-refractivity contribution in [3.05, 3.63) is 0 Å². The second kappa shape index (κ2) is 6.55.